The molecule has 0 aliphatic carbocycles. The number of nitro groups is 1. The summed E-state index contributed by atoms with van der Waals surface area (Å²) in [5, 5.41) is 10.5. The van der Waals surface area contributed by atoms with Crippen molar-refractivity contribution in [1.29, 1.82) is 0 Å². The Hall–Kier alpha value is -1.36. The zero-order valence-electron chi connectivity index (χ0n) is 10.2. The fraction of sp³-hybridized carbons (Fsp3) is 0.0909. The highest BCUT2D eigenvalue weighted by atomic mass is 79.9. The molecule has 0 saturated heterocycles. The van der Waals surface area contributed by atoms with Crippen LogP contribution in [0.1, 0.15) is 4.88 Å². The number of nitro benzene ring substituents is 1. The summed E-state index contributed by atoms with van der Waals surface area (Å²) in [5.74, 6) is -1.16. The molecule has 21 heavy (non-hydrogen) atoms. The number of nitrogens with zero attached hydrogens (tertiary/aromatic N) is 1. The monoisotopic (exact) mass is 394 g/mol. The van der Waals surface area contributed by atoms with Gasteiger partial charge >= 0.3 is 0 Å². The van der Waals surface area contributed by atoms with E-state index >= 15 is 0 Å². The van der Waals surface area contributed by atoms with E-state index in [4.69, 9.17) is 0 Å². The second-order valence-corrected chi connectivity index (χ2v) is 8.19. The van der Waals surface area contributed by atoms with Crippen LogP contribution in [0.2, 0.25) is 0 Å². The third-order valence-corrected chi connectivity index (χ3v) is 5.54. The molecule has 0 radical (unpaired) electrons. The van der Waals surface area contributed by atoms with Gasteiger partial charge in [0.25, 0.3) is 5.69 Å². The molecule has 0 unspecified atom stereocenters. The highest BCUT2D eigenvalue weighted by Crippen LogP contribution is 2.23. The normalized spacial score (nSPS) is 11.5. The van der Waals surface area contributed by atoms with Crippen LogP contribution in [-0.2, 0) is 16.6 Å². The molecule has 0 saturated carbocycles. The first-order valence-electron chi connectivity index (χ1n) is 5.47. The Morgan fingerprint density at radius 3 is 2.57 bits per heavy atom. The summed E-state index contributed by atoms with van der Waals surface area (Å²) < 4.78 is 40.8. The number of rotatable bonds is 5. The van der Waals surface area contributed by atoms with E-state index in [1.807, 2.05) is 0 Å². The molecule has 2 rings (SSSR count). The lowest BCUT2D eigenvalue weighted by Crippen LogP contribution is -2.23. The molecule has 2 aromatic rings. The van der Waals surface area contributed by atoms with Crippen LogP contribution in [0.5, 0.6) is 0 Å². The average molecular weight is 395 g/mol. The number of sulfonamides is 1. The van der Waals surface area contributed by atoms with Crippen LogP contribution in [0.25, 0.3) is 0 Å². The van der Waals surface area contributed by atoms with Gasteiger partial charge in [-0.3, -0.25) is 10.1 Å². The van der Waals surface area contributed by atoms with E-state index in [-0.39, 0.29) is 6.54 Å². The number of halogens is 2. The van der Waals surface area contributed by atoms with Crippen molar-refractivity contribution in [1.82, 2.24) is 4.72 Å². The smallest absolute Gasteiger partial charge is 0.258 e. The standard InChI is InChI=1S/C11H8BrFN2O4S2/c12-11-4-2-8(20-11)6-14-21(18,19)10-3-1-7(15(16)17)5-9(10)13/h1-5,14H,6H2. The largest absolute Gasteiger partial charge is 0.272 e. The van der Waals surface area contributed by atoms with Gasteiger partial charge in [-0.15, -0.1) is 11.3 Å². The molecule has 0 aliphatic rings. The van der Waals surface area contributed by atoms with Crippen LogP contribution in [0.15, 0.2) is 39.0 Å². The second kappa shape index (κ2) is 6.18. The van der Waals surface area contributed by atoms with Gasteiger partial charge in [-0.1, -0.05) is 0 Å². The topological polar surface area (TPSA) is 89.3 Å². The maximum atomic E-state index is 13.7. The van der Waals surface area contributed by atoms with Crippen molar-refractivity contribution in [3.63, 3.8) is 0 Å². The Morgan fingerprint density at radius 1 is 1.33 bits per heavy atom. The first kappa shape index (κ1) is 16.0. The third kappa shape index (κ3) is 3.84. The molecule has 0 fully saturated rings. The fourth-order valence-corrected chi connectivity index (χ4v) is 4.09. The Balaban J connectivity index is 2.21. The first-order chi connectivity index (χ1) is 9.79. The van der Waals surface area contributed by atoms with Crippen LogP contribution in [0.4, 0.5) is 10.1 Å². The van der Waals surface area contributed by atoms with Gasteiger partial charge in [0.05, 0.1) is 14.8 Å². The number of nitrogens with one attached hydrogen (secondary N) is 1. The van der Waals surface area contributed by atoms with Crippen molar-refractivity contribution in [3.8, 4) is 0 Å². The van der Waals surface area contributed by atoms with Gasteiger partial charge in [0.2, 0.25) is 10.0 Å². The number of benzene rings is 1. The van der Waals surface area contributed by atoms with Crippen molar-refractivity contribution >= 4 is 43.0 Å². The van der Waals surface area contributed by atoms with Crippen LogP contribution in [-0.4, -0.2) is 13.3 Å². The summed E-state index contributed by atoms with van der Waals surface area (Å²) >= 11 is 4.59. The predicted octanol–water partition coefficient (Wildman–Crippen LogP) is 3.04. The molecule has 1 aromatic heterocycles. The third-order valence-electron chi connectivity index (χ3n) is 2.48. The average Bonchev–Trinajstić information content (AvgIpc) is 2.82. The minimum atomic E-state index is -4.08. The van der Waals surface area contributed by atoms with Gasteiger partial charge in [0, 0.05) is 17.5 Å². The van der Waals surface area contributed by atoms with Gasteiger partial charge in [-0.25, -0.2) is 17.5 Å². The summed E-state index contributed by atoms with van der Waals surface area (Å²) in [6, 6.07) is 5.89. The maximum Gasteiger partial charge on any atom is 0.272 e. The molecular formula is C11H8BrFN2O4S2. The van der Waals surface area contributed by atoms with E-state index in [0.29, 0.717) is 6.07 Å². The van der Waals surface area contributed by atoms with Crippen molar-refractivity contribution in [3.05, 3.63) is 54.9 Å². The van der Waals surface area contributed by atoms with E-state index in [2.05, 4.69) is 20.7 Å². The van der Waals surface area contributed by atoms with Gasteiger partial charge in [-0.2, -0.15) is 0 Å². The summed E-state index contributed by atoms with van der Waals surface area (Å²) in [6.07, 6.45) is 0. The number of thiophene rings is 1. The highest BCUT2D eigenvalue weighted by molar-refractivity contribution is 9.11. The van der Waals surface area contributed by atoms with Crippen molar-refractivity contribution in [2.75, 3.05) is 0 Å². The molecule has 112 valence electrons. The van der Waals surface area contributed by atoms with Crippen LogP contribution in [0, 0.1) is 15.9 Å². The molecule has 0 amide bonds. The molecule has 0 spiro atoms. The van der Waals surface area contributed by atoms with E-state index in [9.17, 15) is 22.9 Å². The summed E-state index contributed by atoms with van der Waals surface area (Å²) in [6.45, 7) is 0.00896. The lowest BCUT2D eigenvalue weighted by molar-refractivity contribution is -0.385. The molecule has 6 nitrogen and oxygen atoms in total. The Kier molecular flexibility index (Phi) is 4.71. The van der Waals surface area contributed by atoms with Gasteiger partial charge in [0.1, 0.15) is 10.7 Å². The minimum Gasteiger partial charge on any atom is -0.258 e. The van der Waals surface area contributed by atoms with Crippen LogP contribution < -0.4 is 4.72 Å². The second-order valence-electron chi connectivity index (χ2n) is 3.90. The summed E-state index contributed by atoms with van der Waals surface area (Å²) in [4.78, 5) is 9.82. The van der Waals surface area contributed by atoms with E-state index in [1.165, 1.54) is 11.3 Å². The molecule has 0 bridgehead atoms. The molecule has 1 aromatic carbocycles. The molecule has 10 heteroatoms. The van der Waals surface area contributed by atoms with Crippen LogP contribution >= 0.6 is 27.3 Å². The van der Waals surface area contributed by atoms with E-state index in [1.54, 1.807) is 12.1 Å². The Bertz CT molecular complexity index is 791. The number of hydrogen-bond donors (Lipinski definition) is 1. The van der Waals surface area contributed by atoms with Gasteiger partial charge in [0.15, 0.2) is 0 Å². The molecule has 1 N–H and O–H groups in total. The van der Waals surface area contributed by atoms with E-state index < -0.39 is 31.3 Å². The maximum absolute atomic E-state index is 13.7. The SMILES string of the molecule is O=[N+]([O-])c1ccc(S(=O)(=O)NCc2ccc(Br)s2)c(F)c1. The molecular weight excluding hydrogens is 387 g/mol. The quantitative estimate of drug-likeness (QED) is 0.623. The lowest BCUT2D eigenvalue weighted by Gasteiger charge is -2.06. The predicted molar refractivity (Wildman–Crippen MR) is 79.1 cm³/mol. The van der Waals surface area contributed by atoms with E-state index in [0.717, 1.165) is 20.8 Å². The Morgan fingerprint density at radius 2 is 2.05 bits per heavy atom. The van der Waals surface area contributed by atoms with Crippen LogP contribution in [0.3, 0.4) is 0 Å². The van der Waals surface area contributed by atoms with Gasteiger partial charge in [-0.05, 0) is 34.1 Å². The molecule has 0 atom stereocenters. The van der Waals surface area contributed by atoms with Crippen molar-refractivity contribution in [2.45, 2.75) is 11.4 Å². The number of hydrogen-bond acceptors (Lipinski definition) is 5. The minimum absolute atomic E-state index is 0.00896. The fourth-order valence-electron chi connectivity index (χ4n) is 1.51. The zero-order chi connectivity index (χ0) is 15.6. The summed E-state index contributed by atoms with van der Waals surface area (Å²) in [5.41, 5.74) is -0.506. The van der Waals surface area contributed by atoms with Crippen molar-refractivity contribution in [2.24, 2.45) is 0 Å². The summed E-state index contributed by atoms with van der Waals surface area (Å²) in [7, 11) is -4.08. The zero-order valence-corrected chi connectivity index (χ0v) is 13.5. The molecule has 1 heterocycles. The van der Waals surface area contributed by atoms with Crippen molar-refractivity contribution < 1.29 is 17.7 Å². The highest BCUT2D eigenvalue weighted by Gasteiger charge is 2.21. The number of non-ortho nitro benzene ring substituents is 1. The Labute approximate surface area is 131 Å². The van der Waals surface area contributed by atoms with Gasteiger partial charge < -0.3 is 0 Å². The lowest BCUT2D eigenvalue weighted by atomic mass is 10.3. The molecule has 0 aliphatic heterocycles. The first-order valence-corrected chi connectivity index (χ1v) is 8.57.